The summed E-state index contributed by atoms with van der Waals surface area (Å²) in [5.41, 5.74) is 13.3. The number of hydrogen-bond donors (Lipinski definition) is 3. The lowest BCUT2D eigenvalue weighted by molar-refractivity contribution is -0.104. The van der Waals surface area contributed by atoms with Crippen LogP contribution in [0.5, 0.6) is 0 Å². The van der Waals surface area contributed by atoms with Crippen LogP contribution in [0.15, 0.2) is 23.7 Å². The first-order chi connectivity index (χ1) is 10.1. The van der Waals surface area contributed by atoms with Crippen LogP contribution in [-0.2, 0) is 4.74 Å². The highest BCUT2D eigenvalue weighted by Gasteiger charge is 2.46. The minimum Gasteiger partial charge on any atom is -0.393 e. The van der Waals surface area contributed by atoms with Gasteiger partial charge in [0.25, 0.3) is 0 Å². The topological polar surface area (TPSA) is 155 Å². The summed E-state index contributed by atoms with van der Waals surface area (Å²) in [5, 5.41) is 23.6. The largest absolute Gasteiger partial charge is 0.393 e. The molecule has 0 saturated carbocycles. The first-order valence-corrected chi connectivity index (χ1v) is 6.20. The first kappa shape index (κ1) is 13.6. The van der Waals surface area contributed by atoms with Gasteiger partial charge in [0.2, 0.25) is 0 Å². The van der Waals surface area contributed by atoms with Crippen LogP contribution in [0.3, 0.4) is 0 Å². The zero-order valence-corrected chi connectivity index (χ0v) is 10.9. The second-order valence-corrected chi connectivity index (χ2v) is 4.79. The molecule has 0 radical (unpaired) electrons. The first-order valence-electron chi connectivity index (χ1n) is 6.20. The van der Waals surface area contributed by atoms with Gasteiger partial charge >= 0.3 is 0 Å². The number of nitrogens with two attached hydrogens (primary N) is 1. The van der Waals surface area contributed by atoms with E-state index in [0.29, 0.717) is 16.9 Å². The van der Waals surface area contributed by atoms with E-state index in [9.17, 15) is 10.2 Å². The van der Waals surface area contributed by atoms with Gasteiger partial charge in [-0.25, -0.2) is 9.97 Å². The molecule has 10 heteroatoms. The number of anilines is 1. The van der Waals surface area contributed by atoms with Gasteiger partial charge in [0.15, 0.2) is 12.0 Å². The second kappa shape index (κ2) is 4.86. The van der Waals surface area contributed by atoms with Crippen molar-refractivity contribution in [1.29, 1.82) is 0 Å². The van der Waals surface area contributed by atoms with Crippen molar-refractivity contribution in [1.82, 2.24) is 14.5 Å². The maximum Gasteiger partial charge on any atom is 0.175 e. The summed E-state index contributed by atoms with van der Waals surface area (Å²) in [6, 6.07) is 1.70. The Balaban J connectivity index is 2.03. The standard InChI is InChI=1S/C11H13N7O3/c12-8-6-1-2-18(9(6)15-5-14-8)10-7(20)3-11(4-19,21-10)16-17-13/h1-2,5,7,10,19-20H,3-4H2,(H2,12,14,15)/t7-,10-,11-/m1/s1. The molecule has 1 fully saturated rings. The molecule has 21 heavy (non-hydrogen) atoms. The van der Waals surface area contributed by atoms with Crippen LogP contribution in [0.2, 0.25) is 0 Å². The third-order valence-electron chi connectivity index (χ3n) is 3.49. The monoisotopic (exact) mass is 291 g/mol. The van der Waals surface area contributed by atoms with E-state index in [4.69, 9.17) is 16.0 Å². The average Bonchev–Trinajstić information content (AvgIpc) is 3.02. The number of azide groups is 1. The molecule has 0 amide bonds. The third-order valence-corrected chi connectivity index (χ3v) is 3.49. The average molecular weight is 291 g/mol. The Morgan fingerprint density at radius 3 is 3.14 bits per heavy atom. The van der Waals surface area contributed by atoms with Crippen LogP contribution in [0.1, 0.15) is 12.6 Å². The summed E-state index contributed by atoms with van der Waals surface area (Å²) < 4.78 is 7.16. The maximum atomic E-state index is 10.2. The summed E-state index contributed by atoms with van der Waals surface area (Å²) >= 11 is 0. The Hall–Kier alpha value is -2.39. The van der Waals surface area contributed by atoms with Gasteiger partial charge in [-0.2, -0.15) is 0 Å². The van der Waals surface area contributed by atoms with Crippen molar-refractivity contribution in [2.45, 2.75) is 24.5 Å². The zero-order valence-electron chi connectivity index (χ0n) is 10.9. The van der Waals surface area contributed by atoms with E-state index in [2.05, 4.69) is 20.0 Å². The number of nitrogen functional groups attached to an aromatic ring is 1. The number of ether oxygens (including phenoxy) is 1. The normalized spacial score (nSPS) is 28.7. The van der Waals surface area contributed by atoms with E-state index < -0.39 is 24.7 Å². The molecule has 4 N–H and O–H groups in total. The van der Waals surface area contributed by atoms with Gasteiger partial charge in [0.1, 0.15) is 23.9 Å². The van der Waals surface area contributed by atoms with E-state index >= 15 is 0 Å². The summed E-state index contributed by atoms with van der Waals surface area (Å²) in [6.07, 6.45) is 1.14. The Kier molecular flexibility index (Phi) is 3.15. The fourth-order valence-corrected chi connectivity index (χ4v) is 2.50. The van der Waals surface area contributed by atoms with Gasteiger partial charge in [-0.05, 0) is 11.6 Å². The highest BCUT2D eigenvalue weighted by molar-refractivity contribution is 5.86. The molecule has 0 aromatic carbocycles. The van der Waals surface area contributed by atoms with E-state index in [1.54, 1.807) is 16.8 Å². The lowest BCUT2D eigenvalue weighted by Crippen LogP contribution is -2.30. The molecule has 0 unspecified atom stereocenters. The Morgan fingerprint density at radius 1 is 1.62 bits per heavy atom. The Morgan fingerprint density at radius 2 is 2.43 bits per heavy atom. The van der Waals surface area contributed by atoms with Crippen molar-refractivity contribution in [3.8, 4) is 0 Å². The van der Waals surface area contributed by atoms with Crippen LogP contribution < -0.4 is 5.73 Å². The fourth-order valence-electron chi connectivity index (χ4n) is 2.50. The Bertz CT molecular complexity index is 726. The predicted molar refractivity (Wildman–Crippen MR) is 71.6 cm³/mol. The summed E-state index contributed by atoms with van der Waals surface area (Å²) in [6.45, 7) is -0.527. The van der Waals surface area contributed by atoms with Crippen LogP contribution in [0, 0.1) is 0 Å². The van der Waals surface area contributed by atoms with Crippen LogP contribution in [0.25, 0.3) is 21.5 Å². The van der Waals surface area contributed by atoms with Crippen molar-refractivity contribution >= 4 is 16.9 Å². The summed E-state index contributed by atoms with van der Waals surface area (Å²) in [7, 11) is 0. The number of hydrogen-bond acceptors (Lipinski definition) is 7. The fraction of sp³-hybridized carbons (Fsp3) is 0.455. The third kappa shape index (κ3) is 2.06. The molecule has 0 aliphatic carbocycles. The predicted octanol–water partition coefficient (Wildman–Crippen LogP) is 0.292. The van der Waals surface area contributed by atoms with Gasteiger partial charge < -0.3 is 25.3 Å². The molecule has 3 rings (SSSR count). The molecule has 0 bridgehead atoms. The van der Waals surface area contributed by atoms with E-state index in [1.807, 2.05) is 0 Å². The smallest absolute Gasteiger partial charge is 0.175 e. The number of aliphatic hydroxyl groups is 2. The van der Waals surface area contributed by atoms with Crippen molar-refractivity contribution in [2.24, 2.45) is 5.11 Å². The summed E-state index contributed by atoms with van der Waals surface area (Å²) in [5.74, 6) is 0.315. The molecule has 10 nitrogen and oxygen atoms in total. The molecular weight excluding hydrogens is 278 g/mol. The molecule has 110 valence electrons. The van der Waals surface area contributed by atoms with Crippen molar-refractivity contribution in [2.75, 3.05) is 12.3 Å². The van der Waals surface area contributed by atoms with Gasteiger partial charge in [-0.3, -0.25) is 0 Å². The minimum absolute atomic E-state index is 0.0154. The van der Waals surface area contributed by atoms with Crippen molar-refractivity contribution < 1.29 is 14.9 Å². The van der Waals surface area contributed by atoms with Crippen LogP contribution in [-0.4, -0.2) is 43.2 Å². The number of aromatic nitrogens is 3. The van der Waals surface area contributed by atoms with E-state index in [1.165, 1.54) is 6.33 Å². The molecule has 1 aliphatic rings. The van der Waals surface area contributed by atoms with E-state index in [0.717, 1.165) is 0 Å². The second-order valence-electron chi connectivity index (χ2n) is 4.79. The molecule has 2 aromatic rings. The molecule has 0 spiro atoms. The maximum absolute atomic E-state index is 10.2. The van der Waals surface area contributed by atoms with Crippen molar-refractivity contribution in [3.63, 3.8) is 0 Å². The molecule has 2 aromatic heterocycles. The quantitative estimate of drug-likeness (QED) is 0.419. The lowest BCUT2D eigenvalue weighted by atomic mass is 10.1. The van der Waals surface area contributed by atoms with Gasteiger partial charge in [0.05, 0.1) is 12.0 Å². The highest BCUT2D eigenvalue weighted by atomic mass is 16.6. The number of nitrogens with zero attached hydrogens (tertiary/aromatic N) is 6. The van der Waals surface area contributed by atoms with Crippen LogP contribution in [0.4, 0.5) is 5.82 Å². The van der Waals surface area contributed by atoms with Crippen LogP contribution >= 0.6 is 0 Å². The SMILES string of the molecule is [N-]=[N+]=N[C@]1(CO)C[C@@H](O)[C@H](n2ccc3c(N)ncnc32)O1. The van der Waals surface area contributed by atoms with Gasteiger partial charge in [-0.15, -0.1) is 0 Å². The highest BCUT2D eigenvalue weighted by Crippen LogP contribution is 2.39. The van der Waals surface area contributed by atoms with Gasteiger partial charge in [-0.1, -0.05) is 5.11 Å². The zero-order chi connectivity index (χ0) is 15.0. The lowest BCUT2D eigenvalue weighted by Gasteiger charge is -2.21. The summed E-state index contributed by atoms with van der Waals surface area (Å²) in [4.78, 5) is 10.7. The molecule has 3 atom stereocenters. The van der Waals surface area contributed by atoms with Gasteiger partial charge in [0, 0.05) is 17.5 Å². The number of rotatable bonds is 3. The van der Waals surface area contributed by atoms with Crippen molar-refractivity contribution in [3.05, 3.63) is 29.0 Å². The Labute approximate surface area is 118 Å². The molecule has 3 heterocycles. The minimum atomic E-state index is -1.48. The number of aliphatic hydroxyl groups excluding tert-OH is 2. The molecule has 1 aliphatic heterocycles. The molecular formula is C11H13N7O3. The van der Waals surface area contributed by atoms with E-state index in [-0.39, 0.29) is 6.42 Å². The molecule has 1 saturated heterocycles. The number of fused-ring (bicyclic) bond motifs is 1.